The van der Waals surface area contributed by atoms with Gasteiger partial charge in [0.15, 0.2) is 5.82 Å². The molecule has 5 nitrogen and oxygen atoms in total. The molecule has 0 aromatic carbocycles. The Morgan fingerprint density at radius 1 is 1.22 bits per heavy atom. The van der Waals surface area contributed by atoms with E-state index in [0.717, 1.165) is 24.2 Å². The molecule has 1 aliphatic rings. The molecular weight excluding hydrogens is 226 g/mol. The molecule has 0 unspecified atom stereocenters. The summed E-state index contributed by atoms with van der Waals surface area (Å²) in [5, 5.41) is 3.31. The van der Waals surface area contributed by atoms with Gasteiger partial charge in [0.25, 0.3) is 0 Å². The average Bonchev–Trinajstić information content (AvgIpc) is 2.41. The summed E-state index contributed by atoms with van der Waals surface area (Å²) in [6.45, 7) is 3.32. The Kier molecular flexibility index (Phi) is 4.75. The number of nitrogens with one attached hydrogen (secondary N) is 2. The smallest absolute Gasteiger partial charge is 0.160 e. The Hall–Kier alpha value is -1.36. The summed E-state index contributed by atoms with van der Waals surface area (Å²) in [5.74, 6) is 8.47. The lowest BCUT2D eigenvalue weighted by molar-refractivity contribution is 0.282. The number of rotatable bonds is 5. The highest BCUT2D eigenvalue weighted by Gasteiger charge is 2.17. The topological polar surface area (TPSA) is 75.9 Å². The number of nitrogens with two attached hydrogens (primary N) is 1. The molecule has 0 spiro atoms. The minimum absolute atomic E-state index is 0.589. The first-order valence-electron chi connectivity index (χ1n) is 6.80. The molecule has 1 aromatic rings. The molecule has 4 N–H and O–H groups in total. The first-order valence-corrected chi connectivity index (χ1v) is 6.80. The van der Waals surface area contributed by atoms with Crippen LogP contribution >= 0.6 is 0 Å². The molecule has 18 heavy (non-hydrogen) atoms. The molecule has 0 amide bonds. The van der Waals surface area contributed by atoms with Crippen molar-refractivity contribution in [2.75, 3.05) is 17.3 Å². The number of nitrogen functional groups attached to an aromatic ring is 1. The van der Waals surface area contributed by atoms with Crippen LogP contribution in [0.2, 0.25) is 0 Å². The molecule has 5 heteroatoms. The summed E-state index contributed by atoms with van der Waals surface area (Å²) >= 11 is 0. The molecule has 0 radical (unpaired) electrons. The second-order valence-electron chi connectivity index (χ2n) is 5.28. The van der Waals surface area contributed by atoms with Gasteiger partial charge in [-0.3, -0.25) is 4.98 Å². The molecule has 100 valence electrons. The molecule has 1 fully saturated rings. The summed E-state index contributed by atoms with van der Waals surface area (Å²) in [5.41, 5.74) is 2.50. The van der Waals surface area contributed by atoms with E-state index >= 15 is 0 Å². The minimum Gasteiger partial charge on any atom is -0.369 e. The maximum atomic E-state index is 5.30. The fraction of sp³-hybridized carbons (Fsp3) is 0.692. The molecule has 0 bridgehead atoms. The van der Waals surface area contributed by atoms with E-state index in [4.69, 9.17) is 5.84 Å². The third kappa shape index (κ3) is 3.84. The molecular formula is C13H23N5. The van der Waals surface area contributed by atoms with E-state index in [1.807, 2.05) is 0 Å². The van der Waals surface area contributed by atoms with E-state index in [9.17, 15) is 0 Å². The summed E-state index contributed by atoms with van der Waals surface area (Å²) in [6, 6.07) is 0. The molecule has 1 aliphatic carbocycles. The number of nitrogens with zero attached hydrogens (tertiary/aromatic N) is 2. The van der Waals surface area contributed by atoms with Gasteiger partial charge in [-0.25, -0.2) is 10.8 Å². The molecule has 1 heterocycles. The first-order chi connectivity index (χ1) is 8.78. The monoisotopic (exact) mass is 249 g/mol. The molecule has 0 aliphatic heterocycles. The number of hydrogen-bond donors (Lipinski definition) is 3. The van der Waals surface area contributed by atoms with Crippen LogP contribution in [0.5, 0.6) is 0 Å². The Morgan fingerprint density at radius 3 is 2.67 bits per heavy atom. The number of aromatic nitrogens is 2. The quantitative estimate of drug-likeness (QED) is 0.552. The second-order valence-corrected chi connectivity index (χ2v) is 5.28. The fourth-order valence-corrected chi connectivity index (χ4v) is 2.54. The van der Waals surface area contributed by atoms with Crippen LogP contribution < -0.4 is 16.6 Å². The predicted molar refractivity (Wildman–Crippen MR) is 74.1 cm³/mol. The summed E-state index contributed by atoms with van der Waals surface area (Å²) in [4.78, 5) is 8.34. The molecule has 0 atom stereocenters. The Bertz CT molecular complexity index is 360. The summed E-state index contributed by atoms with van der Waals surface area (Å²) in [7, 11) is 0. The van der Waals surface area contributed by atoms with Crippen LogP contribution in [0.15, 0.2) is 12.4 Å². The van der Waals surface area contributed by atoms with Crippen molar-refractivity contribution >= 4 is 11.6 Å². The normalized spacial score (nSPS) is 23.7. The maximum Gasteiger partial charge on any atom is 0.160 e. The zero-order valence-corrected chi connectivity index (χ0v) is 11.0. The van der Waals surface area contributed by atoms with Crippen LogP contribution in [0.1, 0.15) is 39.0 Å². The van der Waals surface area contributed by atoms with Crippen molar-refractivity contribution in [2.24, 2.45) is 17.7 Å². The van der Waals surface area contributed by atoms with E-state index in [1.54, 1.807) is 12.4 Å². The summed E-state index contributed by atoms with van der Waals surface area (Å²) in [6.07, 6.45) is 10.1. The van der Waals surface area contributed by atoms with Gasteiger partial charge in [0.2, 0.25) is 0 Å². The van der Waals surface area contributed by atoms with Crippen LogP contribution in [0, 0.1) is 11.8 Å². The third-order valence-corrected chi connectivity index (χ3v) is 3.78. The first kappa shape index (κ1) is 13.1. The van der Waals surface area contributed by atoms with Gasteiger partial charge in [-0.2, -0.15) is 0 Å². The van der Waals surface area contributed by atoms with Crippen LogP contribution in [0.4, 0.5) is 11.6 Å². The number of anilines is 2. The minimum atomic E-state index is 0.589. The van der Waals surface area contributed by atoms with Gasteiger partial charge >= 0.3 is 0 Å². The largest absolute Gasteiger partial charge is 0.369 e. The standard InChI is InChI=1S/C13H23N5/c1-10-2-4-11(5-3-10)6-7-16-12-8-15-9-13(17-12)18-14/h8-11H,2-7,14H2,1H3,(H2,16,17,18). The van der Waals surface area contributed by atoms with Crippen molar-refractivity contribution in [1.29, 1.82) is 0 Å². The van der Waals surface area contributed by atoms with E-state index in [1.165, 1.54) is 32.1 Å². The van der Waals surface area contributed by atoms with Crippen LogP contribution in [-0.2, 0) is 0 Å². The van der Waals surface area contributed by atoms with Crippen molar-refractivity contribution in [3.05, 3.63) is 12.4 Å². The van der Waals surface area contributed by atoms with Crippen molar-refractivity contribution in [3.63, 3.8) is 0 Å². The van der Waals surface area contributed by atoms with Crippen LogP contribution in [-0.4, -0.2) is 16.5 Å². The van der Waals surface area contributed by atoms with Crippen LogP contribution in [0.25, 0.3) is 0 Å². The Balaban J connectivity index is 1.71. The van der Waals surface area contributed by atoms with E-state index in [0.29, 0.717) is 5.82 Å². The van der Waals surface area contributed by atoms with Gasteiger partial charge in [-0.1, -0.05) is 32.6 Å². The third-order valence-electron chi connectivity index (χ3n) is 3.78. The van der Waals surface area contributed by atoms with Gasteiger partial charge in [-0.05, 0) is 18.3 Å². The van der Waals surface area contributed by atoms with E-state index in [-0.39, 0.29) is 0 Å². The van der Waals surface area contributed by atoms with Gasteiger partial charge in [0.1, 0.15) is 5.82 Å². The van der Waals surface area contributed by atoms with Crippen molar-refractivity contribution < 1.29 is 0 Å². The highest BCUT2D eigenvalue weighted by molar-refractivity contribution is 5.40. The predicted octanol–water partition coefficient (Wildman–Crippen LogP) is 2.39. The molecule has 0 saturated heterocycles. The van der Waals surface area contributed by atoms with E-state index in [2.05, 4.69) is 27.6 Å². The molecule has 1 saturated carbocycles. The lowest BCUT2D eigenvalue weighted by Crippen LogP contribution is -2.16. The highest BCUT2D eigenvalue weighted by Crippen LogP contribution is 2.30. The lowest BCUT2D eigenvalue weighted by Gasteiger charge is -2.26. The van der Waals surface area contributed by atoms with E-state index < -0.39 is 0 Å². The van der Waals surface area contributed by atoms with Crippen molar-refractivity contribution in [2.45, 2.75) is 39.0 Å². The molecule has 2 rings (SSSR count). The van der Waals surface area contributed by atoms with Gasteiger partial charge in [0.05, 0.1) is 12.4 Å². The van der Waals surface area contributed by atoms with Crippen molar-refractivity contribution in [3.8, 4) is 0 Å². The zero-order chi connectivity index (χ0) is 12.8. The average molecular weight is 249 g/mol. The van der Waals surface area contributed by atoms with Crippen LogP contribution in [0.3, 0.4) is 0 Å². The second kappa shape index (κ2) is 6.54. The molecule has 1 aromatic heterocycles. The SMILES string of the molecule is CC1CCC(CCNc2cncc(NN)n2)CC1. The van der Waals surface area contributed by atoms with Gasteiger partial charge in [-0.15, -0.1) is 0 Å². The number of hydrazine groups is 1. The Morgan fingerprint density at radius 2 is 1.94 bits per heavy atom. The number of hydrogen-bond acceptors (Lipinski definition) is 5. The zero-order valence-electron chi connectivity index (χ0n) is 11.0. The fourth-order valence-electron chi connectivity index (χ4n) is 2.54. The van der Waals surface area contributed by atoms with Gasteiger partial charge < -0.3 is 10.7 Å². The van der Waals surface area contributed by atoms with Gasteiger partial charge in [0, 0.05) is 6.54 Å². The van der Waals surface area contributed by atoms with Crippen molar-refractivity contribution in [1.82, 2.24) is 9.97 Å². The highest BCUT2D eigenvalue weighted by atomic mass is 15.3. The Labute approximate surface area is 109 Å². The maximum absolute atomic E-state index is 5.30. The summed E-state index contributed by atoms with van der Waals surface area (Å²) < 4.78 is 0. The lowest BCUT2D eigenvalue weighted by atomic mass is 9.81.